The first-order valence-corrected chi connectivity index (χ1v) is 8.05. The molecule has 2 aromatic carbocycles. The number of hydrogen-bond acceptors (Lipinski definition) is 1. The maximum Gasteiger partial charge on any atom is 0.0408 e. The van der Waals surface area contributed by atoms with E-state index >= 15 is 0 Å². The van der Waals surface area contributed by atoms with Crippen LogP contribution in [0.25, 0.3) is 0 Å². The lowest BCUT2D eigenvalue weighted by Gasteiger charge is -2.21. The highest BCUT2D eigenvalue weighted by Gasteiger charge is 2.10. The van der Waals surface area contributed by atoms with Crippen molar-refractivity contribution in [3.63, 3.8) is 0 Å². The van der Waals surface area contributed by atoms with Crippen LogP contribution >= 0.6 is 11.6 Å². The Morgan fingerprint density at radius 3 is 2.33 bits per heavy atom. The van der Waals surface area contributed by atoms with Crippen molar-refractivity contribution >= 4 is 11.6 Å². The number of aryl methyl sites for hydroxylation is 1. The molecule has 0 aromatic heterocycles. The zero-order valence-corrected chi connectivity index (χ0v) is 13.8. The third-order valence-corrected chi connectivity index (χ3v) is 4.09. The lowest BCUT2D eigenvalue weighted by Crippen LogP contribution is -2.30. The van der Waals surface area contributed by atoms with Crippen molar-refractivity contribution in [2.24, 2.45) is 0 Å². The minimum Gasteiger partial charge on any atom is -0.307 e. The van der Waals surface area contributed by atoms with E-state index in [1.807, 2.05) is 18.2 Å². The van der Waals surface area contributed by atoms with Gasteiger partial charge in [0.05, 0.1) is 0 Å². The average Bonchev–Trinajstić information content (AvgIpc) is 2.47. The van der Waals surface area contributed by atoms with E-state index in [1.54, 1.807) is 0 Å². The molecule has 0 saturated heterocycles. The van der Waals surface area contributed by atoms with Crippen LogP contribution in [0.3, 0.4) is 0 Å². The van der Waals surface area contributed by atoms with Crippen molar-refractivity contribution < 1.29 is 0 Å². The minimum absolute atomic E-state index is 0.352. The zero-order chi connectivity index (χ0) is 15.2. The highest BCUT2D eigenvalue weighted by molar-refractivity contribution is 6.30. The first kappa shape index (κ1) is 16.1. The predicted octanol–water partition coefficient (Wildman–Crippen LogP) is 5.18. The molecule has 1 nitrogen and oxygen atoms in total. The predicted molar refractivity (Wildman–Crippen MR) is 92.0 cm³/mol. The van der Waals surface area contributed by atoms with Gasteiger partial charge in [-0.3, -0.25) is 0 Å². The molecule has 0 amide bonds. The molecule has 0 fully saturated rings. The molecule has 0 heterocycles. The summed E-state index contributed by atoms with van der Waals surface area (Å²) in [6.45, 7) is 6.62. The molecule has 0 bridgehead atoms. The maximum absolute atomic E-state index is 6.04. The lowest BCUT2D eigenvalue weighted by molar-refractivity contribution is 0.477. The van der Waals surface area contributed by atoms with Gasteiger partial charge in [0, 0.05) is 17.1 Å². The second-order valence-corrected chi connectivity index (χ2v) is 6.16. The van der Waals surface area contributed by atoms with Crippen LogP contribution in [0.2, 0.25) is 5.02 Å². The summed E-state index contributed by atoms with van der Waals surface area (Å²) in [6.07, 6.45) is 2.07. The quantitative estimate of drug-likeness (QED) is 0.775. The van der Waals surface area contributed by atoms with Crippen molar-refractivity contribution in [2.75, 3.05) is 0 Å². The van der Waals surface area contributed by atoms with Crippen LogP contribution in [-0.2, 0) is 12.8 Å². The molecule has 0 aliphatic heterocycles. The molecule has 2 heteroatoms. The summed E-state index contributed by atoms with van der Waals surface area (Å²) < 4.78 is 0. The Hall–Kier alpha value is -1.31. The Labute approximate surface area is 133 Å². The molecule has 0 aliphatic carbocycles. The zero-order valence-electron chi connectivity index (χ0n) is 13.1. The molecule has 0 radical (unpaired) electrons. The van der Waals surface area contributed by atoms with Gasteiger partial charge in [0.25, 0.3) is 0 Å². The topological polar surface area (TPSA) is 12.0 Å². The molecule has 0 spiro atoms. The second-order valence-electron chi connectivity index (χ2n) is 5.72. The third kappa shape index (κ3) is 4.87. The Morgan fingerprint density at radius 2 is 1.71 bits per heavy atom. The van der Waals surface area contributed by atoms with Gasteiger partial charge in [0.2, 0.25) is 0 Å². The summed E-state index contributed by atoms with van der Waals surface area (Å²) in [6, 6.07) is 17.7. The Balaban J connectivity index is 1.93. The molecule has 2 unspecified atom stereocenters. The van der Waals surface area contributed by atoms with Crippen LogP contribution in [0.1, 0.15) is 43.5 Å². The van der Waals surface area contributed by atoms with Gasteiger partial charge in [-0.05, 0) is 55.5 Å². The Kier molecular flexibility index (Phi) is 5.84. The summed E-state index contributed by atoms with van der Waals surface area (Å²) in [5, 5.41) is 4.47. The van der Waals surface area contributed by atoms with E-state index in [4.69, 9.17) is 11.6 Å². The number of rotatable bonds is 6. The molecular weight excluding hydrogens is 278 g/mol. The first-order chi connectivity index (χ1) is 10.1. The van der Waals surface area contributed by atoms with E-state index in [2.05, 4.69) is 56.4 Å². The number of halogens is 1. The van der Waals surface area contributed by atoms with E-state index in [9.17, 15) is 0 Å². The second kappa shape index (κ2) is 7.63. The van der Waals surface area contributed by atoms with Crippen molar-refractivity contribution in [3.05, 3.63) is 70.2 Å². The molecule has 2 rings (SSSR count). The first-order valence-electron chi connectivity index (χ1n) is 7.67. The van der Waals surface area contributed by atoms with E-state index < -0.39 is 0 Å². The smallest absolute Gasteiger partial charge is 0.0408 e. The van der Waals surface area contributed by atoms with Crippen LogP contribution in [0, 0.1) is 0 Å². The third-order valence-electron chi connectivity index (χ3n) is 3.85. The molecule has 2 atom stereocenters. The molecule has 1 N–H and O–H groups in total. The fourth-order valence-corrected chi connectivity index (χ4v) is 2.85. The van der Waals surface area contributed by atoms with Gasteiger partial charge < -0.3 is 5.32 Å². The van der Waals surface area contributed by atoms with Crippen molar-refractivity contribution in [1.82, 2.24) is 5.32 Å². The minimum atomic E-state index is 0.352. The van der Waals surface area contributed by atoms with Crippen LogP contribution < -0.4 is 5.32 Å². The van der Waals surface area contributed by atoms with Gasteiger partial charge in [0.1, 0.15) is 0 Å². The highest BCUT2D eigenvalue weighted by Crippen LogP contribution is 2.16. The van der Waals surface area contributed by atoms with Crippen molar-refractivity contribution in [3.8, 4) is 0 Å². The highest BCUT2D eigenvalue weighted by atomic mass is 35.5. The van der Waals surface area contributed by atoms with Crippen LogP contribution in [0.5, 0.6) is 0 Å². The Morgan fingerprint density at radius 1 is 1.00 bits per heavy atom. The lowest BCUT2D eigenvalue weighted by atomic mass is 10.0. The van der Waals surface area contributed by atoms with E-state index in [0.717, 1.165) is 17.9 Å². The fourth-order valence-electron chi connectivity index (χ4n) is 2.64. The van der Waals surface area contributed by atoms with Crippen molar-refractivity contribution in [1.29, 1.82) is 0 Å². The summed E-state index contributed by atoms with van der Waals surface area (Å²) >= 11 is 6.04. The van der Waals surface area contributed by atoms with Crippen LogP contribution in [0.4, 0.5) is 0 Å². The molecule has 21 heavy (non-hydrogen) atoms. The molecular formula is C19H24ClN. The van der Waals surface area contributed by atoms with Crippen LogP contribution in [-0.4, -0.2) is 6.04 Å². The van der Waals surface area contributed by atoms with Gasteiger partial charge in [-0.15, -0.1) is 0 Å². The van der Waals surface area contributed by atoms with Crippen molar-refractivity contribution in [2.45, 2.75) is 45.7 Å². The normalized spacial score (nSPS) is 13.9. The standard InChI is InChI=1S/C19H24ClN/c1-4-16-8-10-18(11-9-16)15(3)21-14(2)12-17-6-5-7-19(20)13-17/h5-11,13-15,21H,4,12H2,1-3H3. The number of benzene rings is 2. The summed E-state index contributed by atoms with van der Waals surface area (Å²) in [5.41, 5.74) is 4.00. The SMILES string of the molecule is CCc1ccc(C(C)NC(C)Cc2cccc(Cl)c2)cc1. The van der Waals surface area contributed by atoms with E-state index in [0.29, 0.717) is 12.1 Å². The monoisotopic (exact) mass is 301 g/mol. The summed E-state index contributed by atoms with van der Waals surface area (Å²) in [4.78, 5) is 0. The number of nitrogens with one attached hydrogen (secondary N) is 1. The van der Waals surface area contributed by atoms with Gasteiger partial charge >= 0.3 is 0 Å². The Bertz CT molecular complexity index is 562. The molecule has 0 saturated carbocycles. The van der Waals surface area contributed by atoms with Gasteiger partial charge in [-0.2, -0.15) is 0 Å². The number of hydrogen-bond donors (Lipinski definition) is 1. The average molecular weight is 302 g/mol. The molecule has 112 valence electrons. The van der Waals surface area contributed by atoms with E-state index in [1.165, 1.54) is 16.7 Å². The van der Waals surface area contributed by atoms with Gasteiger partial charge in [0.15, 0.2) is 0 Å². The summed E-state index contributed by atoms with van der Waals surface area (Å²) in [7, 11) is 0. The van der Waals surface area contributed by atoms with Crippen LogP contribution in [0.15, 0.2) is 48.5 Å². The molecule has 0 aliphatic rings. The molecule has 2 aromatic rings. The van der Waals surface area contributed by atoms with Gasteiger partial charge in [-0.1, -0.05) is 54.9 Å². The summed E-state index contributed by atoms with van der Waals surface area (Å²) in [5.74, 6) is 0. The maximum atomic E-state index is 6.04. The fraction of sp³-hybridized carbons (Fsp3) is 0.368. The van der Waals surface area contributed by atoms with E-state index in [-0.39, 0.29) is 0 Å². The largest absolute Gasteiger partial charge is 0.307 e. The van der Waals surface area contributed by atoms with Gasteiger partial charge in [-0.25, -0.2) is 0 Å².